The second-order valence-corrected chi connectivity index (χ2v) is 6.50. The Labute approximate surface area is 139 Å². The average Bonchev–Trinajstić information content (AvgIpc) is 2.97. The molecular weight excluding hydrogens is 311 g/mol. The van der Waals surface area contributed by atoms with E-state index in [9.17, 15) is 4.39 Å². The summed E-state index contributed by atoms with van der Waals surface area (Å²) in [4.78, 5) is 11.8. The molecule has 0 unspecified atom stereocenters. The summed E-state index contributed by atoms with van der Waals surface area (Å²) in [6.07, 6.45) is 2.62. The van der Waals surface area contributed by atoms with Crippen LogP contribution >= 0.6 is 11.3 Å². The first-order valence-electron chi connectivity index (χ1n) is 7.52. The molecule has 0 saturated heterocycles. The van der Waals surface area contributed by atoms with Gasteiger partial charge in [-0.25, -0.2) is 14.4 Å². The molecule has 0 amide bonds. The molecule has 0 aliphatic carbocycles. The van der Waals surface area contributed by atoms with E-state index in [0.717, 1.165) is 46.7 Å². The smallest absolute Gasteiger partial charge is 0.138 e. The fourth-order valence-electron chi connectivity index (χ4n) is 2.45. The van der Waals surface area contributed by atoms with E-state index in [4.69, 9.17) is 0 Å². The topological polar surface area (TPSA) is 41.0 Å². The Kier molecular flexibility index (Phi) is 4.83. The minimum Gasteiger partial charge on any atom is -0.369 e. The molecule has 0 radical (unpaired) electrons. The molecule has 0 spiro atoms. The fraction of sp³-hybridized carbons (Fsp3) is 0.294. The van der Waals surface area contributed by atoms with Gasteiger partial charge in [-0.3, -0.25) is 0 Å². The number of benzene rings is 1. The van der Waals surface area contributed by atoms with E-state index in [1.165, 1.54) is 12.1 Å². The summed E-state index contributed by atoms with van der Waals surface area (Å²) < 4.78 is 13.2. The Morgan fingerprint density at radius 2 is 1.96 bits per heavy atom. The molecule has 2 aromatic heterocycles. The van der Waals surface area contributed by atoms with E-state index in [1.54, 1.807) is 29.8 Å². The number of halogens is 1. The number of hydrogen-bond donors (Lipinski definition) is 1. The lowest BCUT2D eigenvalue weighted by atomic mass is 10.1. The van der Waals surface area contributed by atoms with Gasteiger partial charge in [0.2, 0.25) is 0 Å². The Morgan fingerprint density at radius 1 is 1.17 bits per heavy atom. The molecule has 2 heterocycles. The molecule has 0 bridgehead atoms. The number of thiophene rings is 1. The molecule has 4 nitrogen and oxygen atoms in total. The quantitative estimate of drug-likeness (QED) is 0.697. The summed E-state index contributed by atoms with van der Waals surface area (Å²) in [7, 11) is 4.13. The average molecular weight is 330 g/mol. The van der Waals surface area contributed by atoms with Crippen LogP contribution in [-0.2, 0) is 0 Å². The number of rotatable bonds is 6. The van der Waals surface area contributed by atoms with Crippen LogP contribution in [0.5, 0.6) is 0 Å². The third kappa shape index (κ3) is 3.65. The molecular formula is C17H19FN4S. The second-order valence-electron chi connectivity index (χ2n) is 5.64. The lowest BCUT2D eigenvalue weighted by Crippen LogP contribution is -2.16. The maximum atomic E-state index is 13.2. The van der Waals surface area contributed by atoms with Crippen molar-refractivity contribution < 1.29 is 4.39 Å². The summed E-state index contributed by atoms with van der Waals surface area (Å²) >= 11 is 1.58. The minimum atomic E-state index is -0.230. The lowest BCUT2D eigenvalue weighted by molar-refractivity contribution is 0.405. The van der Waals surface area contributed by atoms with Crippen molar-refractivity contribution in [3.8, 4) is 11.1 Å². The Balaban J connectivity index is 1.89. The minimum absolute atomic E-state index is 0.230. The van der Waals surface area contributed by atoms with Crippen molar-refractivity contribution in [2.24, 2.45) is 0 Å². The molecule has 1 aromatic carbocycles. The van der Waals surface area contributed by atoms with Crippen molar-refractivity contribution in [1.82, 2.24) is 14.9 Å². The SMILES string of the molecule is CN(C)CCCNc1ncnc2scc(-c3ccc(F)cc3)c12. The third-order valence-corrected chi connectivity index (χ3v) is 4.49. The van der Waals surface area contributed by atoms with Gasteiger partial charge in [-0.1, -0.05) is 12.1 Å². The van der Waals surface area contributed by atoms with Gasteiger partial charge in [0.15, 0.2) is 0 Å². The number of nitrogens with zero attached hydrogens (tertiary/aromatic N) is 3. The number of nitrogens with one attached hydrogen (secondary N) is 1. The van der Waals surface area contributed by atoms with Crippen LogP contribution in [0.2, 0.25) is 0 Å². The summed E-state index contributed by atoms with van der Waals surface area (Å²) in [6.45, 7) is 1.87. The van der Waals surface area contributed by atoms with Gasteiger partial charge < -0.3 is 10.2 Å². The van der Waals surface area contributed by atoms with E-state index >= 15 is 0 Å². The zero-order valence-electron chi connectivity index (χ0n) is 13.2. The molecule has 120 valence electrons. The number of anilines is 1. The van der Waals surface area contributed by atoms with Gasteiger partial charge >= 0.3 is 0 Å². The van der Waals surface area contributed by atoms with Crippen molar-refractivity contribution in [2.75, 3.05) is 32.5 Å². The van der Waals surface area contributed by atoms with Crippen LogP contribution in [0.1, 0.15) is 6.42 Å². The van der Waals surface area contributed by atoms with Crippen molar-refractivity contribution in [2.45, 2.75) is 6.42 Å². The van der Waals surface area contributed by atoms with E-state index in [-0.39, 0.29) is 5.82 Å². The Morgan fingerprint density at radius 3 is 2.70 bits per heavy atom. The molecule has 1 N–H and O–H groups in total. The third-order valence-electron chi connectivity index (χ3n) is 3.60. The highest BCUT2D eigenvalue weighted by molar-refractivity contribution is 7.17. The monoisotopic (exact) mass is 330 g/mol. The number of hydrogen-bond acceptors (Lipinski definition) is 5. The molecule has 6 heteroatoms. The van der Waals surface area contributed by atoms with Crippen LogP contribution < -0.4 is 5.32 Å². The van der Waals surface area contributed by atoms with Gasteiger partial charge in [0.25, 0.3) is 0 Å². The summed E-state index contributed by atoms with van der Waals surface area (Å²) in [5, 5.41) is 6.47. The summed E-state index contributed by atoms with van der Waals surface area (Å²) in [6, 6.07) is 6.54. The van der Waals surface area contributed by atoms with E-state index in [0.29, 0.717) is 0 Å². The van der Waals surface area contributed by atoms with Crippen LogP contribution in [0, 0.1) is 5.82 Å². The molecule has 23 heavy (non-hydrogen) atoms. The predicted molar refractivity (Wildman–Crippen MR) is 94.5 cm³/mol. The first kappa shape index (κ1) is 15.8. The van der Waals surface area contributed by atoms with Crippen LogP contribution in [0.25, 0.3) is 21.3 Å². The van der Waals surface area contributed by atoms with Gasteiger partial charge in [-0.2, -0.15) is 0 Å². The van der Waals surface area contributed by atoms with Crippen molar-refractivity contribution in [3.05, 3.63) is 41.8 Å². The summed E-state index contributed by atoms with van der Waals surface area (Å²) in [5.74, 6) is 0.612. The van der Waals surface area contributed by atoms with Gasteiger partial charge in [0.1, 0.15) is 22.8 Å². The summed E-state index contributed by atoms with van der Waals surface area (Å²) in [5.41, 5.74) is 2.02. The first-order chi connectivity index (χ1) is 11.1. The maximum absolute atomic E-state index is 13.2. The lowest BCUT2D eigenvalue weighted by Gasteiger charge is -2.11. The molecule has 0 saturated carbocycles. The van der Waals surface area contributed by atoms with E-state index in [2.05, 4.69) is 39.7 Å². The van der Waals surface area contributed by atoms with Crippen molar-refractivity contribution in [3.63, 3.8) is 0 Å². The zero-order chi connectivity index (χ0) is 16.2. The van der Waals surface area contributed by atoms with Gasteiger partial charge in [-0.05, 0) is 44.8 Å². The molecule has 3 aromatic rings. The highest BCUT2D eigenvalue weighted by Gasteiger charge is 2.12. The number of aromatic nitrogens is 2. The van der Waals surface area contributed by atoms with Gasteiger partial charge in [0, 0.05) is 17.5 Å². The predicted octanol–water partition coefficient (Wildman–Crippen LogP) is 3.86. The van der Waals surface area contributed by atoms with Gasteiger partial charge in [0.05, 0.1) is 5.39 Å². The van der Waals surface area contributed by atoms with Crippen LogP contribution in [-0.4, -0.2) is 42.1 Å². The molecule has 0 fully saturated rings. The number of fused-ring (bicyclic) bond motifs is 1. The molecule has 0 aliphatic rings. The van der Waals surface area contributed by atoms with Gasteiger partial charge in [-0.15, -0.1) is 11.3 Å². The largest absolute Gasteiger partial charge is 0.369 e. The van der Waals surface area contributed by atoms with Crippen molar-refractivity contribution >= 4 is 27.4 Å². The standard InChI is InChI=1S/C17H19FN4S/c1-22(2)9-3-8-19-16-15-14(10-23-17(15)21-11-20-16)12-4-6-13(18)7-5-12/h4-7,10-11H,3,8-9H2,1-2H3,(H,19,20,21). The normalized spacial score (nSPS) is 11.3. The molecule has 3 rings (SSSR count). The van der Waals surface area contributed by atoms with E-state index < -0.39 is 0 Å². The first-order valence-corrected chi connectivity index (χ1v) is 8.40. The fourth-order valence-corrected chi connectivity index (χ4v) is 3.37. The Hall–Kier alpha value is -2.05. The van der Waals surface area contributed by atoms with Crippen LogP contribution in [0.4, 0.5) is 10.2 Å². The van der Waals surface area contributed by atoms with E-state index in [1.807, 2.05) is 0 Å². The Bertz CT molecular complexity index is 783. The molecule has 0 aliphatic heterocycles. The zero-order valence-corrected chi connectivity index (χ0v) is 14.0. The van der Waals surface area contributed by atoms with Crippen LogP contribution in [0.15, 0.2) is 36.0 Å². The molecule has 0 atom stereocenters. The maximum Gasteiger partial charge on any atom is 0.138 e. The highest BCUT2D eigenvalue weighted by atomic mass is 32.1. The van der Waals surface area contributed by atoms with Crippen molar-refractivity contribution in [1.29, 1.82) is 0 Å². The van der Waals surface area contributed by atoms with Crippen LogP contribution in [0.3, 0.4) is 0 Å². The second kappa shape index (κ2) is 7.02. The highest BCUT2D eigenvalue weighted by Crippen LogP contribution is 2.36.